The normalized spacial score (nSPS) is 16.2. The van der Waals surface area contributed by atoms with E-state index < -0.39 is 0 Å². The third-order valence-electron chi connectivity index (χ3n) is 1.29. The van der Waals surface area contributed by atoms with Crippen molar-refractivity contribution in [1.82, 2.24) is 0 Å². The Morgan fingerprint density at radius 2 is 2.25 bits per heavy atom. The van der Waals surface area contributed by atoms with E-state index in [2.05, 4.69) is 13.0 Å². The van der Waals surface area contributed by atoms with E-state index in [1.54, 1.807) is 0 Å². The number of hydrogen-bond acceptors (Lipinski definition) is 0. The lowest BCUT2D eigenvalue weighted by molar-refractivity contribution is 0.978. The van der Waals surface area contributed by atoms with Crippen molar-refractivity contribution in [2.75, 3.05) is 0 Å². The summed E-state index contributed by atoms with van der Waals surface area (Å²) in [4.78, 5) is 0. The van der Waals surface area contributed by atoms with Gasteiger partial charge in [0.2, 0.25) is 0 Å². The van der Waals surface area contributed by atoms with Crippen molar-refractivity contribution >= 4 is 11.6 Å². The molecule has 0 aliphatic heterocycles. The van der Waals surface area contributed by atoms with Crippen LogP contribution in [0.3, 0.4) is 0 Å². The van der Waals surface area contributed by atoms with E-state index in [1.807, 2.05) is 13.8 Å². The van der Waals surface area contributed by atoms with Crippen LogP contribution in [-0.4, -0.2) is 5.38 Å². The fourth-order valence-corrected chi connectivity index (χ4v) is 0.995. The Morgan fingerprint density at radius 3 is 2.25 bits per heavy atom. The second kappa shape index (κ2) is 3.96. The fraction of sp³-hybridized carbons (Fsp3) is 0.714. The third kappa shape index (κ3) is 2.37. The molecule has 0 aromatic heterocycles. The van der Waals surface area contributed by atoms with Crippen LogP contribution in [0.25, 0.3) is 0 Å². The molecule has 0 aromatic carbocycles. The zero-order valence-corrected chi connectivity index (χ0v) is 6.50. The van der Waals surface area contributed by atoms with Crippen LogP contribution < -0.4 is 0 Å². The zero-order chi connectivity index (χ0) is 6.57. The summed E-state index contributed by atoms with van der Waals surface area (Å²) in [6.07, 6.45) is 3.15. The van der Waals surface area contributed by atoms with Crippen molar-refractivity contribution in [3.05, 3.63) is 11.6 Å². The van der Waals surface area contributed by atoms with Gasteiger partial charge in [0.1, 0.15) is 0 Å². The highest BCUT2D eigenvalue weighted by atomic mass is 35.5. The summed E-state index contributed by atoms with van der Waals surface area (Å²) in [5.41, 5.74) is 1.33. The predicted octanol–water partition coefficient (Wildman–Crippen LogP) is 2.97. The maximum atomic E-state index is 5.78. The van der Waals surface area contributed by atoms with Gasteiger partial charge < -0.3 is 0 Å². The molecular weight excluding hydrogens is 120 g/mol. The Hall–Kier alpha value is 0.0300. The molecule has 1 heteroatoms. The average Bonchev–Trinajstić information content (AvgIpc) is 1.69. The van der Waals surface area contributed by atoms with Crippen LogP contribution in [0.5, 0.6) is 0 Å². The minimum absolute atomic E-state index is 0.213. The highest BCUT2D eigenvalue weighted by Crippen LogP contribution is 2.11. The Balaban J connectivity index is 3.72. The number of rotatable bonds is 2. The van der Waals surface area contributed by atoms with Crippen LogP contribution in [0.15, 0.2) is 11.6 Å². The van der Waals surface area contributed by atoms with E-state index in [1.165, 1.54) is 5.57 Å². The maximum absolute atomic E-state index is 5.78. The van der Waals surface area contributed by atoms with Crippen molar-refractivity contribution in [1.29, 1.82) is 0 Å². The van der Waals surface area contributed by atoms with Crippen molar-refractivity contribution < 1.29 is 0 Å². The number of alkyl halides is 1. The van der Waals surface area contributed by atoms with Crippen molar-refractivity contribution in [2.24, 2.45) is 0 Å². The van der Waals surface area contributed by atoms with Crippen molar-refractivity contribution in [2.45, 2.75) is 32.6 Å². The minimum atomic E-state index is 0.213. The lowest BCUT2D eigenvalue weighted by Crippen LogP contribution is -1.93. The first-order valence-corrected chi connectivity index (χ1v) is 3.45. The van der Waals surface area contributed by atoms with Gasteiger partial charge in [0.15, 0.2) is 0 Å². The smallest absolute Gasteiger partial charge is 0.0516 e. The van der Waals surface area contributed by atoms with Crippen LogP contribution in [0.1, 0.15) is 27.2 Å². The van der Waals surface area contributed by atoms with Crippen LogP contribution in [0.2, 0.25) is 0 Å². The first-order valence-electron chi connectivity index (χ1n) is 3.01. The van der Waals surface area contributed by atoms with E-state index in [9.17, 15) is 0 Å². The number of allylic oxidation sites excluding steroid dienone is 2. The summed E-state index contributed by atoms with van der Waals surface area (Å²) in [7, 11) is 0. The van der Waals surface area contributed by atoms with Gasteiger partial charge in [0.25, 0.3) is 0 Å². The van der Waals surface area contributed by atoms with Gasteiger partial charge in [-0.25, -0.2) is 0 Å². The summed E-state index contributed by atoms with van der Waals surface area (Å²) in [6.45, 7) is 6.15. The predicted molar refractivity (Wildman–Crippen MR) is 39.4 cm³/mol. The summed E-state index contributed by atoms with van der Waals surface area (Å²) in [6, 6.07) is 0. The van der Waals surface area contributed by atoms with Crippen LogP contribution >= 0.6 is 11.6 Å². The number of halogens is 1. The number of hydrogen-bond donors (Lipinski definition) is 0. The van der Waals surface area contributed by atoms with E-state index in [0.717, 1.165) is 6.42 Å². The van der Waals surface area contributed by atoms with Gasteiger partial charge in [-0.3, -0.25) is 0 Å². The Morgan fingerprint density at radius 1 is 1.75 bits per heavy atom. The molecule has 0 spiro atoms. The van der Waals surface area contributed by atoms with E-state index in [4.69, 9.17) is 11.6 Å². The Kier molecular flexibility index (Phi) is 3.98. The molecule has 0 radical (unpaired) electrons. The third-order valence-corrected chi connectivity index (χ3v) is 1.57. The SMILES string of the molecule is C/C=C(/CC)C(C)Cl. The standard InChI is InChI=1S/C7H13Cl/c1-4-7(5-2)6(3)8/h4,6H,5H2,1-3H3/b7-4-. The monoisotopic (exact) mass is 132 g/mol. The lowest BCUT2D eigenvalue weighted by Gasteiger charge is -2.03. The van der Waals surface area contributed by atoms with Crippen LogP contribution in [0.4, 0.5) is 0 Å². The highest BCUT2D eigenvalue weighted by molar-refractivity contribution is 6.22. The van der Waals surface area contributed by atoms with E-state index in [-0.39, 0.29) is 5.38 Å². The quantitative estimate of drug-likeness (QED) is 0.400. The molecule has 8 heavy (non-hydrogen) atoms. The molecule has 0 saturated carbocycles. The molecule has 1 atom stereocenters. The van der Waals surface area contributed by atoms with Gasteiger partial charge in [0, 0.05) is 0 Å². The largest absolute Gasteiger partial charge is 0.118 e. The molecule has 0 rings (SSSR count). The highest BCUT2D eigenvalue weighted by Gasteiger charge is 1.98. The minimum Gasteiger partial charge on any atom is -0.118 e. The fourth-order valence-electron chi connectivity index (χ4n) is 0.715. The summed E-state index contributed by atoms with van der Waals surface area (Å²) < 4.78 is 0. The van der Waals surface area contributed by atoms with Crippen molar-refractivity contribution in [3.8, 4) is 0 Å². The van der Waals surface area contributed by atoms with E-state index >= 15 is 0 Å². The zero-order valence-electron chi connectivity index (χ0n) is 5.74. The summed E-state index contributed by atoms with van der Waals surface area (Å²) >= 11 is 5.78. The molecule has 0 fully saturated rings. The van der Waals surface area contributed by atoms with E-state index in [0.29, 0.717) is 0 Å². The molecule has 1 unspecified atom stereocenters. The first-order chi connectivity index (χ1) is 3.72. The van der Waals surface area contributed by atoms with Gasteiger partial charge in [-0.05, 0) is 20.3 Å². The molecule has 0 nitrogen and oxygen atoms in total. The molecule has 48 valence electrons. The maximum Gasteiger partial charge on any atom is 0.0516 e. The van der Waals surface area contributed by atoms with Gasteiger partial charge in [-0.2, -0.15) is 0 Å². The molecule has 0 bridgehead atoms. The van der Waals surface area contributed by atoms with Crippen molar-refractivity contribution in [3.63, 3.8) is 0 Å². The second-order valence-electron chi connectivity index (χ2n) is 1.83. The molecule has 0 heterocycles. The molecular formula is C7H13Cl. The summed E-state index contributed by atoms with van der Waals surface area (Å²) in [5, 5.41) is 0.213. The lowest BCUT2D eigenvalue weighted by atomic mass is 10.1. The Bertz CT molecular complexity index is 82.4. The topological polar surface area (TPSA) is 0 Å². The van der Waals surface area contributed by atoms with Gasteiger partial charge >= 0.3 is 0 Å². The Labute approximate surface area is 56.5 Å². The molecule has 0 aliphatic carbocycles. The van der Waals surface area contributed by atoms with Crippen LogP contribution in [0, 0.1) is 0 Å². The van der Waals surface area contributed by atoms with Gasteiger partial charge in [-0.15, -0.1) is 11.6 Å². The second-order valence-corrected chi connectivity index (χ2v) is 2.49. The first kappa shape index (κ1) is 8.03. The molecule has 0 amide bonds. The van der Waals surface area contributed by atoms with Gasteiger partial charge in [-0.1, -0.05) is 18.6 Å². The molecule has 0 aromatic rings. The van der Waals surface area contributed by atoms with Gasteiger partial charge in [0.05, 0.1) is 5.38 Å². The van der Waals surface area contributed by atoms with Crippen LogP contribution in [-0.2, 0) is 0 Å². The molecule has 0 saturated heterocycles. The molecule has 0 aliphatic rings. The molecule has 0 N–H and O–H groups in total. The summed E-state index contributed by atoms with van der Waals surface area (Å²) in [5.74, 6) is 0. The average molecular weight is 133 g/mol.